The van der Waals surface area contributed by atoms with Crippen LogP contribution in [0.2, 0.25) is 0 Å². The Labute approximate surface area is 182 Å². The third-order valence-electron chi connectivity index (χ3n) is 5.00. The van der Waals surface area contributed by atoms with Crippen LogP contribution in [0.1, 0.15) is 58.2 Å². The average Bonchev–Trinajstić information content (AvgIpc) is 2.82. The predicted molar refractivity (Wildman–Crippen MR) is 122 cm³/mol. The lowest BCUT2D eigenvalue weighted by molar-refractivity contribution is 0.0940. The van der Waals surface area contributed by atoms with Gasteiger partial charge in [-0.1, -0.05) is 55.5 Å². The maximum absolute atomic E-state index is 13.0. The first-order valence-corrected chi connectivity index (χ1v) is 10.3. The number of amides is 2. The van der Waals surface area contributed by atoms with Gasteiger partial charge in [0.2, 0.25) is 0 Å². The molecule has 0 saturated carbocycles. The molecular weight excluding hydrogens is 386 g/mol. The molecule has 0 fully saturated rings. The zero-order valence-corrected chi connectivity index (χ0v) is 17.7. The molecule has 0 heterocycles. The van der Waals surface area contributed by atoms with E-state index in [0.717, 1.165) is 12.0 Å². The predicted octanol–water partition coefficient (Wildman–Crippen LogP) is 4.86. The summed E-state index contributed by atoms with van der Waals surface area (Å²) < 4.78 is 0. The Morgan fingerprint density at radius 2 is 1.58 bits per heavy atom. The van der Waals surface area contributed by atoms with Crippen LogP contribution in [0.3, 0.4) is 0 Å². The molecule has 0 bridgehead atoms. The van der Waals surface area contributed by atoms with Crippen molar-refractivity contribution in [3.63, 3.8) is 0 Å². The summed E-state index contributed by atoms with van der Waals surface area (Å²) in [6, 6.07) is 23.9. The third-order valence-corrected chi connectivity index (χ3v) is 5.00. The summed E-state index contributed by atoms with van der Waals surface area (Å²) in [6.45, 7) is 4.44. The molecule has 1 atom stereocenters. The van der Waals surface area contributed by atoms with Crippen molar-refractivity contribution in [2.45, 2.75) is 26.3 Å². The van der Waals surface area contributed by atoms with Crippen molar-refractivity contribution < 1.29 is 9.59 Å². The first-order valence-electron chi connectivity index (χ1n) is 10.3. The van der Waals surface area contributed by atoms with Crippen molar-refractivity contribution in [2.75, 3.05) is 6.54 Å². The molecule has 3 aromatic rings. The van der Waals surface area contributed by atoms with Crippen molar-refractivity contribution in [1.82, 2.24) is 10.6 Å². The highest BCUT2D eigenvalue weighted by atomic mass is 16.2. The van der Waals surface area contributed by atoms with E-state index in [4.69, 9.17) is 0 Å². The average molecular weight is 412 g/mol. The van der Waals surface area contributed by atoms with Crippen LogP contribution >= 0.6 is 0 Å². The maximum atomic E-state index is 13.0. The van der Waals surface area contributed by atoms with Crippen LogP contribution in [0.25, 0.3) is 11.1 Å². The molecular formula is C26H25N3O2. The highest BCUT2D eigenvalue weighted by molar-refractivity contribution is 6.01. The zero-order chi connectivity index (χ0) is 22.2. The first kappa shape index (κ1) is 21.8. The molecule has 5 nitrogen and oxygen atoms in total. The fraction of sp³-hybridized carbons (Fsp3) is 0.192. The molecule has 3 rings (SSSR count). The summed E-state index contributed by atoms with van der Waals surface area (Å²) in [7, 11) is 0. The van der Waals surface area contributed by atoms with Gasteiger partial charge in [0.25, 0.3) is 11.8 Å². The monoisotopic (exact) mass is 411 g/mol. The number of carbonyl (C=O) groups excluding carboxylic acids is 2. The molecule has 0 aromatic heterocycles. The second kappa shape index (κ2) is 10.2. The van der Waals surface area contributed by atoms with Crippen LogP contribution in [0.15, 0.2) is 72.8 Å². The Morgan fingerprint density at radius 3 is 2.26 bits per heavy atom. The number of hydrogen-bond donors (Lipinski definition) is 2. The summed E-state index contributed by atoms with van der Waals surface area (Å²) in [4.78, 5) is 25.7. The highest BCUT2D eigenvalue weighted by Crippen LogP contribution is 2.26. The molecule has 0 saturated heterocycles. The van der Waals surface area contributed by atoms with E-state index >= 15 is 0 Å². The minimum absolute atomic E-state index is 0.193. The number of carbonyl (C=O) groups is 2. The molecule has 0 radical (unpaired) electrons. The lowest BCUT2D eigenvalue weighted by Crippen LogP contribution is -2.28. The van der Waals surface area contributed by atoms with Gasteiger partial charge >= 0.3 is 0 Å². The van der Waals surface area contributed by atoms with Crippen LogP contribution in [0.4, 0.5) is 0 Å². The number of nitriles is 1. The lowest BCUT2D eigenvalue weighted by Gasteiger charge is -2.16. The molecule has 3 aromatic carbocycles. The number of benzene rings is 3. The number of nitrogens with one attached hydrogen (secondary N) is 2. The van der Waals surface area contributed by atoms with E-state index in [9.17, 15) is 14.9 Å². The fourth-order valence-corrected chi connectivity index (χ4v) is 3.32. The minimum Gasteiger partial charge on any atom is -0.352 e. The first-order chi connectivity index (χ1) is 15.0. The van der Waals surface area contributed by atoms with Crippen molar-refractivity contribution in [2.24, 2.45) is 0 Å². The Kier molecular flexibility index (Phi) is 7.18. The summed E-state index contributed by atoms with van der Waals surface area (Å²) >= 11 is 0. The van der Waals surface area contributed by atoms with E-state index in [1.54, 1.807) is 30.3 Å². The molecule has 31 heavy (non-hydrogen) atoms. The van der Waals surface area contributed by atoms with E-state index in [1.165, 1.54) is 0 Å². The SMILES string of the molecule is CCCNC(=O)c1cc(C(=O)N[C@H](C)c2ccccc2)cc(-c2ccccc2C#N)c1. The molecule has 5 heteroatoms. The van der Waals surface area contributed by atoms with Gasteiger partial charge in [0, 0.05) is 17.7 Å². The molecule has 0 spiro atoms. The van der Waals surface area contributed by atoms with Crippen molar-refractivity contribution in [1.29, 1.82) is 5.26 Å². The van der Waals surface area contributed by atoms with Gasteiger partial charge in [-0.3, -0.25) is 9.59 Å². The van der Waals surface area contributed by atoms with Crippen LogP contribution in [-0.2, 0) is 0 Å². The summed E-state index contributed by atoms with van der Waals surface area (Å²) in [5, 5.41) is 15.3. The van der Waals surface area contributed by atoms with Crippen LogP contribution in [-0.4, -0.2) is 18.4 Å². The maximum Gasteiger partial charge on any atom is 0.251 e. The van der Waals surface area contributed by atoms with Crippen LogP contribution in [0.5, 0.6) is 0 Å². The molecule has 156 valence electrons. The second-order valence-electron chi connectivity index (χ2n) is 7.32. The zero-order valence-electron chi connectivity index (χ0n) is 17.7. The van der Waals surface area contributed by atoms with Gasteiger partial charge in [-0.15, -0.1) is 0 Å². The van der Waals surface area contributed by atoms with Gasteiger partial charge in [0.1, 0.15) is 0 Å². The van der Waals surface area contributed by atoms with Crippen molar-refractivity contribution in [3.05, 3.63) is 95.1 Å². The molecule has 2 amide bonds. The smallest absolute Gasteiger partial charge is 0.251 e. The van der Waals surface area contributed by atoms with Gasteiger partial charge in [-0.2, -0.15) is 5.26 Å². The second-order valence-corrected chi connectivity index (χ2v) is 7.32. The normalized spacial score (nSPS) is 11.3. The summed E-state index contributed by atoms with van der Waals surface area (Å²) in [5.74, 6) is -0.527. The third kappa shape index (κ3) is 5.37. The van der Waals surface area contributed by atoms with Crippen LogP contribution in [0, 0.1) is 11.3 Å². The minimum atomic E-state index is -0.280. The Bertz CT molecular complexity index is 1120. The van der Waals surface area contributed by atoms with Gasteiger partial charge in [-0.05, 0) is 54.3 Å². The standard InChI is InChI=1S/C26H25N3O2/c1-3-13-28-25(30)22-14-21(24-12-8-7-11-20(24)17-27)15-23(16-22)26(31)29-18(2)19-9-5-4-6-10-19/h4-12,14-16,18H,3,13H2,1-2H3,(H,28,30)(H,29,31)/t18-/m1/s1. The lowest BCUT2D eigenvalue weighted by atomic mass is 9.95. The van der Waals surface area contributed by atoms with Gasteiger partial charge < -0.3 is 10.6 Å². The molecule has 0 aliphatic heterocycles. The topological polar surface area (TPSA) is 82.0 Å². The highest BCUT2D eigenvalue weighted by Gasteiger charge is 2.17. The van der Waals surface area contributed by atoms with Gasteiger partial charge in [0.15, 0.2) is 0 Å². The molecule has 2 N–H and O–H groups in total. The Morgan fingerprint density at radius 1 is 0.935 bits per heavy atom. The van der Waals surface area contributed by atoms with E-state index < -0.39 is 0 Å². The fourth-order valence-electron chi connectivity index (χ4n) is 3.32. The number of nitrogens with zero attached hydrogens (tertiary/aromatic N) is 1. The van der Waals surface area contributed by atoms with Gasteiger partial charge in [-0.25, -0.2) is 0 Å². The Balaban J connectivity index is 1.99. The van der Waals surface area contributed by atoms with Gasteiger partial charge in [0.05, 0.1) is 17.7 Å². The molecule has 0 aliphatic rings. The number of rotatable bonds is 7. The van der Waals surface area contributed by atoms with E-state index in [-0.39, 0.29) is 17.9 Å². The van der Waals surface area contributed by atoms with Crippen molar-refractivity contribution in [3.8, 4) is 17.2 Å². The summed E-state index contributed by atoms with van der Waals surface area (Å²) in [5.41, 5.74) is 3.56. The van der Waals surface area contributed by atoms with E-state index in [2.05, 4.69) is 16.7 Å². The van der Waals surface area contributed by atoms with Crippen LogP contribution < -0.4 is 10.6 Å². The summed E-state index contributed by atoms with van der Waals surface area (Å²) in [6.07, 6.45) is 0.810. The number of hydrogen-bond acceptors (Lipinski definition) is 3. The molecule has 0 aliphatic carbocycles. The quantitative estimate of drug-likeness (QED) is 0.583. The van der Waals surface area contributed by atoms with E-state index in [1.807, 2.05) is 56.3 Å². The van der Waals surface area contributed by atoms with E-state index in [0.29, 0.717) is 34.4 Å². The molecule has 0 unspecified atom stereocenters. The largest absolute Gasteiger partial charge is 0.352 e. The Hall–Kier alpha value is -3.91. The van der Waals surface area contributed by atoms with Crippen molar-refractivity contribution >= 4 is 11.8 Å².